The number of hydrogen-bond donors (Lipinski definition) is 3. The summed E-state index contributed by atoms with van der Waals surface area (Å²) >= 11 is 0. The number of amides is 1. The molecule has 0 aromatic rings. The fourth-order valence-electron chi connectivity index (χ4n) is 6.86. The van der Waals surface area contributed by atoms with Crippen molar-refractivity contribution in [1.29, 1.82) is 0 Å². The summed E-state index contributed by atoms with van der Waals surface area (Å²) in [5.74, 6) is -0.184. The molecular formula is C51H96N2O6P+. The number of nitrogens with one attached hydrogen (secondary N) is 1. The number of carbonyl (C=O) groups excluding carboxylic acids is 1. The van der Waals surface area contributed by atoms with E-state index >= 15 is 0 Å². The van der Waals surface area contributed by atoms with E-state index < -0.39 is 20.0 Å². The number of likely N-dealkylation sites (N-methyl/N-ethyl adjacent to an activating group) is 1. The number of allylic oxidation sites excluding steroid dienone is 9. The third-order valence-corrected chi connectivity index (χ3v) is 11.7. The minimum atomic E-state index is -4.34. The summed E-state index contributed by atoms with van der Waals surface area (Å²) in [6.07, 6.45) is 55.7. The van der Waals surface area contributed by atoms with Gasteiger partial charge < -0.3 is 19.8 Å². The van der Waals surface area contributed by atoms with Crippen LogP contribution in [0.1, 0.15) is 206 Å². The normalized spacial score (nSPS) is 14.7. The van der Waals surface area contributed by atoms with Crippen LogP contribution in [0.5, 0.6) is 0 Å². The second-order valence-electron chi connectivity index (χ2n) is 17.8. The van der Waals surface area contributed by atoms with E-state index in [1.807, 2.05) is 27.2 Å². The van der Waals surface area contributed by atoms with Crippen molar-refractivity contribution in [2.45, 2.75) is 219 Å². The Morgan fingerprint density at radius 2 is 1.00 bits per heavy atom. The molecule has 0 spiro atoms. The fourth-order valence-corrected chi connectivity index (χ4v) is 7.59. The van der Waals surface area contributed by atoms with Crippen LogP contribution >= 0.6 is 7.82 Å². The summed E-state index contributed by atoms with van der Waals surface area (Å²) in [6.45, 7) is 4.70. The number of unbranched alkanes of at least 4 members (excludes halogenated alkanes) is 23. The minimum absolute atomic E-state index is 0.0587. The van der Waals surface area contributed by atoms with Gasteiger partial charge in [0.15, 0.2) is 0 Å². The minimum Gasteiger partial charge on any atom is -0.387 e. The first-order valence-electron chi connectivity index (χ1n) is 24.7. The average Bonchev–Trinajstić information content (AvgIpc) is 3.20. The van der Waals surface area contributed by atoms with Gasteiger partial charge in [0.1, 0.15) is 13.2 Å². The van der Waals surface area contributed by atoms with Crippen molar-refractivity contribution in [3.05, 3.63) is 60.8 Å². The Hall–Kier alpha value is -1.80. The molecule has 9 heteroatoms. The zero-order valence-electron chi connectivity index (χ0n) is 39.7. The van der Waals surface area contributed by atoms with Gasteiger partial charge in [0.05, 0.1) is 39.9 Å². The molecule has 0 aliphatic rings. The molecule has 0 aliphatic carbocycles. The lowest BCUT2D eigenvalue weighted by Gasteiger charge is -2.25. The number of phosphoric ester groups is 1. The van der Waals surface area contributed by atoms with Crippen LogP contribution in [-0.2, 0) is 18.4 Å². The van der Waals surface area contributed by atoms with Gasteiger partial charge >= 0.3 is 7.82 Å². The van der Waals surface area contributed by atoms with E-state index in [0.717, 1.165) is 64.2 Å². The van der Waals surface area contributed by atoms with Gasteiger partial charge in [0.25, 0.3) is 0 Å². The molecule has 8 nitrogen and oxygen atoms in total. The Morgan fingerprint density at radius 1 is 0.583 bits per heavy atom. The van der Waals surface area contributed by atoms with Gasteiger partial charge in [0, 0.05) is 6.42 Å². The van der Waals surface area contributed by atoms with E-state index in [1.165, 1.54) is 122 Å². The molecule has 3 N–H and O–H groups in total. The van der Waals surface area contributed by atoms with E-state index in [2.05, 4.69) is 67.8 Å². The zero-order valence-corrected chi connectivity index (χ0v) is 40.6. The second kappa shape index (κ2) is 42.5. The van der Waals surface area contributed by atoms with Gasteiger partial charge in [-0.2, -0.15) is 0 Å². The summed E-state index contributed by atoms with van der Waals surface area (Å²) in [7, 11) is 1.56. The standard InChI is InChI=1S/C51H95N2O6P/c1-6-8-10-12-14-16-18-20-22-23-24-25-26-27-28-29-31-33-35-37-39-41-43-45-51(55)52-49(48-59-60(56,57)58-47-46-53(3,4)5)50(54)44-42-40-38-36-34-32-30-21-19-17-15-13-11-9-7-2/h8,10,14,16,20,22,24-25,42,44,49-50,54H,6-7,9,11-13,15,17-19,21,23,26-41,43,45-48H2,1-5H3,(H-,52,55,56,57)/p+1/b10-8-,16-14-,22-20-,25-24-,44-42+. The fraction of sp³-hybridized carbons (Fsp3) is 0.784. The number of aliphatic hydroxyl groups excluding tert-OH is 1. The summed E-state index contributed by atoms with van der Waals surface area (Å²) in [6, 6.07) is -0.850. The molecule has 350 valence electrons. The Labute approximate surface area is 371 Å². The molecular weight excluding hydrogens is 768 g/mol. The largest absolute Gasteiger partial charge is 0.472 e. The lowest BCUT2D eigenvalue weighted by Crippen LogP contribution is -2.45. The Balaban J connectivity index is 4.32. The van der Waals surface area contributed by atoms with Crippen molar-refractivity contribution in [3.63, 3.8) is 0 Å². The molecule has 3 atom stereocenters. The van der Waals surface area contributed by atoms with E-state index in [1.54, 1.807) is 6.08 Å². The molecule has 0 bridgehead atoms. The molecule has 1 amide bonds. The molecule has 0 fully saturated rings. The number of hydrogen-bond acceptors (Lipinski definition) is 5. The lowest BCUT2D eigenvalue weighted by molar-refractivity contribution is -0.870. The SMILES string of the molecule is CC/C=C\C/C=C\C/C=C\C/C=C\CCCCCCCCCCCCC(=O)NC(COP(=O)(O)OCC[N+](C)(C)C)C(O)/C=C/CCCCCCCCCCCCCCC. The molecule has 0 radical (unpaired) electrons. The van der Waals surface area contributed by atoms with Crippen LogP contribution < -0.4 is 5.32 Å². The molecule has 0 saturated carbocycles. The predicted molar refractivity (Wildman–Crippen MR) is 258 cm³/mol. The summed E-state index contributed by atoms with van der Waals surface area (Å²) in [4.78, 5) is 23.2. The second-order valence-corrected chi connectivity index (χ2v) is 19.3. The first-order chi connectivity index (χ1) is 29.0. The Morgan fingerprint density at radius 3 is 1.47 bits per heavy atom. The van der Waals surface area contributed by atoms with Crippen LogP contribution in [0.2, 0.25) is 0 Å². The van der Waals surface area contributed by atoms with E-state index in [-0.39, 0.29) is 19.1 Å². The maximum absolute atomic E-state index is 12.9. The maximum Gasteiger partial charge on any atom is 0.472 e. The van der Waals surface area contributed by atoms with Crippen molar-refractivity contribution in [3.8, 4) is 0 Å². The molecule has 0 rings (SSSR count). The van der Waals surface area contributed by atoms with E-state index in [9.17, 15) is 19.4 Å². The third-order valence-electron chi connectivity index (χ3n) is 10.7. The van der Waals surface area contributed by atoms with Gasteiger partial charge in [-0.3, -0.25) is 13.8 Å². The monoisotopic (exact) mass is 864 g/mol. The molecule has 3 unspecified atom stereocenters. The Kier molecular flexibility index (Phi) is 41.2. The number of phosphoric acid groups is 1. The topological polar surface area (TPSA) is 105 Å². The molecule has 0 aliphatic heterocycles. The Bertz CT molecular complexity index is 1160. The van der Waals surface area contributed by atoms with Gasteiger partial charge in [-0.25, -0.2) is 4.57 Å². The highest BCUT2D eigenvalue weighted by atomic mass is 31.2. The van der Waals surface area contributed by atoms with Gasteiger partial charge in [-0.15, -0.1) is 0 Å². The number of aliphatic hydroxyl groups is 1. The molecule has 0 saturated heterocycles. The van der Waals surface area contributed by atoms with Gasteiger partial charge in [0.2, 0.25) is 5.91 Å². The van der Waals surface area contributed by atoms with Crippen LogP contribution in [-0.4, -0.2) is 73.4 Å². The lowest BCUT2D eigenvalue weighted by atomic mass is 10.0. The summed E-state index contributed by atoms with van der Waals surface area (Å²) in [5.41, 5.74) is 0. The van der Waals surface area contributed by atoms with Crippen LogP contribution in [0, 0.1) is 0 Å². The highest BCUT2D eigenvalue weighted by Gasteiger charge is 2.27. The quantitative estimate of drug-likeness (QED) is 0.0244. The number of nitrogens with zero attached hydrogens (tertiary/aromatic N) is 1. The van der Waals surface area contributed by atoms with Crippen molar-refractivity contribution in [1.82, 2.24) is 5.32 Å². The summed E-state index contributed by atoms with van der Waals surface area (Å²) in [5, 5.41) is 13.9. The van der Waals surface area contributed by atoms with Crippen molar-refractivity contribution in [2.75, 3.05) is 40.9 Å². The smallest absolute Gasteiger partial charge is 0.387 e. The molecule has 0 aromatic carbocycles. The highest BCUT2D eigenvalue weighted by molar-refractivity contribution is 7.47. The zero-order chi connectivity index (χ0) is 44.3. The van der Waals surface area contributed by atoms with Crippen LogP contribution in [0.25, 0.3) is 0 Å². The van der Waals surface area contributed by atoms with Crippen LogP contribution in [0.3, 0.4) is 0 Å². The third kappa shape index (κ3) is 44.3. The van der Waals surface area contributed by atoms with Crippen molar-refractivity contribution < 1.29 is 32.9 Å². The highest BCUT2D eigenvalue weighted by Crippen LogP contribution is 2.43. The first-order valence-corrected chi connectivity index (χ1v) is 26.2. The van der Waals surface area contributed by atoms with E-state index in [4.69, 9.17) is 9.05 Å². The molecule has 60 heavy (non-hydrogen) atoms. The number of rotatable bonds is 44. The van der Waals surface area contributed by atoms with Crippen LogP contribution in [0.15, 0.2) is 60.8 Å². The number of quaternary nitrogens is 1. The van der Waals surface area contributed by atoms with Gasteiger partial charge in [-0.1, -0.05) is 203 Å². The average molecular weight is 864 g/mol. The predicted octanol–water partition coefficient (Wildman–Crippen LogP) is 14.2. The number of carbonyl (C=O) groups is 1. The molecule has 0 heterocycles. The molecule has 0 aromatic heterocycles. The first kappa shape index (κ1) is 58.2. The van der Waals surface area contributed by atoms with Crippen molar-refractivity contribution in [2.24, 2.45) is 0 Å². The van der Waals surface area contributed by atoms with E-state index in [0.29, 0.717) is 17.4 Å². The summed E-state index contributed by atoms with van der Waals surface area (Å²) < 4.78 is 23.6. The maximum atomic E-state index is 12.9. The van der Waals surface area contributed by atoms with Crippen molar-refractivity contribution >= 4 is 13.7 Å². The van der Waals surface area contributed by atoms with Crippen LogP contribution in [0.4, 0.5) is 0 Å². The van der Waals surface area contributed by atoms with Gasteiger partial charge in [-0.05, 0) is 57.8 Å².